The van der Waals surface area contributed by atoms with Crippen molar-refractivity contribution in [2.75, 3.05) is 0 Å². The van der Waals surface area contributed by atoms with Crippen molar-refractivity contribution in [3.8, 4) is 0 Å². The molecule has 2 rings (SSSR count). The van der Waals surface area contributed by atoms with Crippen LogP contribution in [0, 0.1) is 5.82 Å². The summed E-state index contributed by atoms with van der Waals surface area (Å²) in [6.45, 7) is 2.60. The van der Waals surface area contributed by atoms with Crippen LogP contribution >= 0.6 is 11.6 Å². The van der Waals surface area contributed by atoms with E-state index in [0.717, 1.165) is 6.42 Å². The van der Waals surface area contributed by atoms with Gasteiger partial charge in [0.05, 0.1) is 16.9 Å². The Bertz CT molecular complexity index is 544. The molecule has 0 spiro atoms. The lowest BCUT2D eigenvalue weighted by molar-refractivity contribution is 0.202. The maximum absolute atomic E-state index is 13.8. The molecule has 6 heteroatoms. The van der Waals surface area contributed by atoms with Gasteiger partial charge >= 0.3 is 0 Å². The number of hydrogen-bond acceptors (Lipinski definition) is 3. The summed E-state index contributed by atoms with van der Waals surface area (Å²) < 4.78 is 15.4. The Balaban J connectivity index is 2.38. The Kier molecular flexibility index (Phi) is 3.93. The molecule has 0 saturated heterocycles. The highest BCUT2D eigenvalue weighted by atomic mass is 35.5. The van der Waals surface area contributed by atoms with Gasteiger partial charge in [-0.1, -0.05) is 35.9 Å². The Morgan fingerprint density at radius 3 is 3.00 bits per heavy atom. The van der Waals surface area contributed by atoms with E-state index in [2.05, 4.69) is 10.3 Å². The minimum absolute atomic E-state index is 0.0129. The van der Waals surface area contributed by atoms with E-state index >= 15 is 0 Å². The maximum atomic E-state index is 13.8. The maximum Gasteiger partial charge on any atom is 0.147 e. The summed E-state index contributed by atoms with van der Waals surface area (Å²) in [4.78, 5) is 0. The molecule has 4 nitrogen and oxygen atoms in total. The summed E-state index contributed by atoms with van der Waals surface area (Å²) in [6, 6.07) is 4.53. The van der Waals surface area contributed by atoms with E-state index in [4.69, 9.17) is 11.6 Å². The minimum Gasteiger partial charge on any atom is -0.382 e. The number of aryl methyl sites for hydroxylation is 1. The molecule has 0 radical (unpaired) electrons. The summed E-state index contributed by atoms with van der Waals surface area (Å²) in [6.07, 6.45) is 1.16. The van der Waals surface area contributed by atoms with Crippen molar-refractivity contribution in [2.45, 2.75) is 26.0 Å². The number of hydrogen-bond donors (Lipinski definition) is 1. The van der Waals surface area contributed by atoms with Gasteiger partial charge in [-0.3, -0.25) is 0 Å². The third-order valence-corrected chi connectivity index (χ3v) is 2.93. The van der Waals surface area contributed by atoms with Gasteiger partial charge in [0.1, 0.15) is 11.9 Å². The number of aromatic nitrogens is 3. The first-order valence-corrected chi connectivity index (χ1v) is 6.03. The van der Waals surface area contributed by atoms with Gasteiger partial charge in [0.25, 0.3) is 0 Å². The van der Waals surface area contributed by atoms with E-state index < -0.39 is 11.9 Å². The Hall–Kier alpha value is -1.46. The van der Waals surface area contributed by atoms with Crippen LogP contribution in [0.2, 0.25) is 5.02 Å². The number of aliphatic hydroxyl groups is 1. The Morgan fingerprint density at radius 1 is 1.50 bits per heavy atom. The second-order valence-corrected chi connectivity index (χ2v) is 4.33. The molecular weight excluding hydrogens is 257 g/mol. The fourth-order valence-electron chi connectivity index (χ4n) is 1.75. The van der Waals surface area contributed by atoms with E-state index in [-0.39, 0.29) is 10.6 Å². The first-order valence-electron chi connectivity index (χ1n) is 5.65. The Labute approximate surface area is 109 Å². The molecule has 0 bridgehead atoms. The fourth-order valence-corrected chi connectivity index (χ4v) is 1.94. The molecule has 1 aromatic heterocycles. The topological polar surface area (TPSA) is 50.9 Å². The first kappa shape index (κ1) is 13.0. The predicted molar refractivity (Wildman–Crippen MR) is 65.8 cm³/mol. The fraction of sp³-hybridized carbons (Fsp3) is 0.333. The third kappa shape index (κ3) is 2.37. The van der Waals surface area contributed by atoms with E-state index in [1.807, 2.05) is 6.92 Å². The van der Waals surface area contributed by atoms with Crippen LogP contribution in [0.15, 0.2) is 24.4 Å². The summed E-state index contributed by atoms with van der Waals surface area (Å²) in [5, 5.41) is 17.8. The number of benzene rings is 1. The zero-order valence-corrected chi connectivity index (χ0v) is 10.6. The van der Waals surface area contributed by atoms with E-state index in [0.29, 0.717) is 12.2 Å². The smallest absolute Gasteiger partial charge is 0.147 e. The van der Waals surface area contributed by atoms with Gasteiger partial charge < -0.3 is 5.11 Å². The largest absolute Gasteiger partial charge is 0.382 e. The molecule has 1 heterocycles. The van der Waals surface area contributed by atoms with Gasteiger partial charge in [0, 0.05) is 12.1 Å². The SMILES string of the molecule is CCCn1nncc1C(O)c1cccc(Cl)c1F. The standard InChI is InChI=1S/C12H13ClFN3O/c1-2-6-17-10(7-15-16-17)12(18)8-4-3-5-9(13)11(8)14/h3-5,7,12,18H,2,6H2,1H3. The van der Waals surface area contributed by atoms with Gasteiger partial charge in [-0.25, -0.2) is 9.07 Å². The normalized spacial score (nSPS) is 12.7. The van der Waals surface area contributed by atoms with Crippen molar-refractivity contribution >= 4 is 11.6 Å². The molecule has 96 valence electrons. The van der Waals surface area contributed by atoms with Crippen LogP contribution in [0.5, 0.6) is 0 Å². The molecule has 1 unspecified atom stereocenters. The lowest BCUT2D eigenvalue weighted by Crippen LogP contribution is -2.11. The highest BCUT2D eigenvalue weighted by Gasteiger charge is 2.20. The molecular formula is C12H13ClFN3O. The molecule has 1 atom stereocenters. The molecule has 2 aromatic rings. The van der Waals surface area contributed by atoms with Crippen molar-refractivity contribution in [2.24, 2.45) is 0 Å². The molecule has 0 amide bonds. The highest BCUT2D eigenvalue weighted by molar-refractivity contribution is 6.30. The van der Waals surface area contributed by atoms with Gasteiger partial charge in [-0.05, 0) is 12.5 Å². The molecule has 1 aromatic carbocycles. The van der Waals surface area contributed by atoms with Gasteiger partial charge in [-0.15, -0.1) is 5.10 Å². The summed E-state index contributed by atoms with van der Waals surface area (Å²) in [7, 11) is 0. The first-order chi connectivity index (χ1) is 8.65. The van der Waals surface area contributed by atoms with Crippen LogP contribution in [0.25, 0.3) is 0 Å². The monoisotopic (exact) mass is 269 g/mol. The van der Waals surface area contributed by atoms with Crippen LogP contribution in [-0.4, -0.2) is 20.1 Å². The van der Waals surface area contributed by atoms with E-state index in [1.54, 1.807) is 10.7 Å². The quantitative estimate of drug-likeness (QED) is 0.928. The minimum atomic E-state index is -1.12. The van der Waals surface area contributed by atoms with Crippen molar-refractivity contribution < 1.29 is 9.50 Å². The summed E-state index contributed by atoms with van der Waals surface area (Å²) in [5.74, 6) is -0.615. The molecule has 0 saturated carbocycles. The van der Waals surface area contributed by atoms with Crippen molar-refractivity contribution in [3.05, 3.63) is 46.5 Å². The average molecular weight is 270 g/mol. The molecule has 18 heavy (non-hydrogen) atoms. The Morgan fingerprint density at radius 2 is 2.28 bits per heavy atom. The van der Waals surface area contributed by atoms with Crippen LogP contribution in [0.3, 0.4) is 0 Å². The predicted octanol–water partition coefficient (Wildman–Crippen LogP) is 2.56. The van der Waals surface area contributed by atoms with Gasteiger partial charge in [0.15, 0.2) is 0 Å². The van der Waals surface area contributed by atoms with Gasteiger partial charge in [-0.2, -0.15) is 0 Å². The van der Waals surface area contributed by atoms with E-state index in [1.165, 1.54) is 18.3 Å². The van der Waals surface area contributed by atoms with Crippen LogP contribution < -0.4 is 0 Å². The van der Waals surface area contributed by atoms with Crippen molar-refractivity contribution in [3.63, 3.8) is 0 Å². The van der Waals surface area contributed by atoms with E-state index in [9.17, 15) is 9.50 Å². The van der Waals surface area contributed by atoms with Gasteiger partial charge in [0.2, 0.25) is 0 Å². The molecule has 0 aliphatic rings. The second-order valence-electron chi connectivity index (χ2n) is 3.93. The lowest BCUT2D eigenvalue weighted by atomic mass is 10.1. The summed E-state index contributed by atoms with van der Waals surface area (Å²) >= 11 is 5.70. The number of halogens is 2. The summed E-state index contributed by atoms with van der Waals surface area (Å²) in [5.41, 5.74) is 0.583. The molecule has 0 aliphatic carbocycles. The number of rotatable bonds is 4. The van der Waals surface area contributed by atoms with Crippen LogP contribution in [0.1, 0.15) is 30.7 Å². The van der Waals surface area contributed by atoms with Crippen molar-refractivity contribution in [1.29, 1.82) is 0 Å². The zero-order valence-electron chi connectivity index (χ0n) is 9.85. The number of nitrogens with zero attached hydrogens (tertiary/aromatic N) is 3. The van der Waals surface area contributed by atoms with Crippen LogP contribution in [-0.2, 0) is 6.54 Å². The molecule has 0 aliphatic heterocycles. The second kappa shape index (κ2) is 5.46. The third-order valence-electron chi connectivity index (χ3n) is 2.64. The zero-order chi connectivity index (χ0) is 13.1. The average Bonchev–Trinajstić information content (AvgIpc) is 2.80. The lowest BCUT2D eigenvalue weighted by Gasteiger charge is -2.13. The molecule has 1 N–H and O–H groups in total. The van der Waals surface area contributed by atoms with Crippen LogP contribution in [0.4, 0.5) is 4.39 Å². The molecule has 0 fully saturated rings. The highest BCUT2D eigenvalue weighted by Crippen LogP contribution is 2.27. The van der Waals surface area contributed by atoms with Crippen molar-refractivity contribution in [1.82, 2.24) is 15.0 Å². The number of aliphatic hydroxyl groups excluding tert-OH is 1.